The average Bonchev–Trinajstić information content (AvgIpc) is 2.15. The summed E-state index contributed by atoms with van der Waals surface area (Å²) in [4.78, 5) is 6.79. The molecule has 0 saturated carbocycles. The highest BCUT2D eigenvalue weighted by molar-refractivity contribution is 5.10. The summed E-state index contributed by atoms with van der Waals surface area (Å²) in [6, 6.07) is 6.04. The number of pyridine rings is 1. The zero-order valence-corrected chi connectivity index (χ0v) is 10.8. The minimum Gasteiger partial charge on any atom is -0.325 e. The Morgan fingerprint density at radius 2 is 1.88 bits per heavy atom. The van der Waals surface area contributed by atoms with Gasteiger partial charge in [0.05, 0.1) is 11.4 Å². The number of aromatic nitrogens is 1. The number of nitrogens with zero attached hydrogens (tertiary/aromatic N) is 2. The molecule has 0 fully saturated rings. The monoisotopic (exact) mass is 221 g/mol. The molecule has 1 heterocycles. The highest BCUT2D eigenvalue weighted by Crippen LogP contribution is 2.15. The van der Waals surface area contributed by atoms with Gasteiger partial charge in [-0.1, -0.05) is 26.8 Å². The molecule has 0 aliphatic heterocycles. The van der Waals surface area contributed by atoms with E-state index in [4.69, 9.17) is 5.73 Å². The van der Waals surface area contributed by atoms with Gasteiger partial charge in [-0.05, 0) is 24.6 Å². The molecule has 1 aromatic rings. The SMILES string of the molecule is CN(Cc1cccc(CN)n1)CC(C)(C)C. The van der Waals surface area contributed by atoms with Crippen molar-refractivity contribution >= 4 is 0 Å². The topological polar surface area (TPSA) is 42.1 Å². The predicted molar refractivity (Wildman–Crippen MR) is 67.9 cm³/mol. The van der Waals surface area contributed by atoms with Crippen molar-refractivity contribution in [3.63, 3.8) is 0 Å². The maximum absolute atomic E-state index is 5.58. The van der Waals surface area contributed by atoms with Gasteiger partial charge >= 0.3 is 0 Å². The molecule has 0 atom stereocenters. The fourth-order valence-electron chi connectivity index (χ4n) is 1.87. The summed E-state index contributed by atoms with van der Waals surface area (Å²) in [7, 11) is 2.13. The molecular weight excluding hydrogens is 198 g/mol. The van der Waals surface area contributed by atoms with E-state index in [0.717, 1.165) is 24.5 Å². The number of nitrogens with two attached hydrogens (primary N) is 1. The molecule has 16 heavy (non-hydrogen) atoms. The lowest BCUT2D eigenvalue weighted by Gasteiger charge is -2.26. The Labute approximate surface area is 98.7 Å². The van der Waals surface area contributed by atoms with Crippen LogP contribution in [0.2, 0.25) is 0 Å². The second-order valence-corrected chi connectivity index (χ2v) is 5.56. The van der Waals surface area contributed by atoms with E-state index < -0.39 is 0 Å². The summed E-state index contributed by atoms with van der Waals surface area (Å²) < 4.78 is 0. The van der Waals surface area contributed by atoms with Gasteiger partial charge in [-0.3, -0.25) is 4.98 Å². The molecule has 0 aromatic carbocycles. The molecule has 2 N–H and O–H groups in total. The molecule has 0 spiro atoms. The van der Waals surface area contributed by atoms with Gasteiger partial charge < -0.3 is 10.6 Å². The summed E-state index contributed by atoms with van der Waals surface area (Å²) >= 11 is 0. The highest BCUT2D eigenvalue weighted by Gasteiger charge is 2.13. The van der Waals surface area contributed by atoms with Crippen molar-refractivity contribution < 1.29 is 0 Å². The summed E-state index contributed by atoms with van der Waals surface area (Å²) in [5.74, 6) is 0. The van der Waals surface area contributed by atoms with E-state index in [1.54, 1.807) is 0 Å². The Hall–Kier alpha value is -0.930. The van der Waals surface area contributed by atoms with Crippen molar-refractivity contribution in [1.29, 1.82) is 0 Å². The van der Waals surface area contributed by atoms with Crippen molar-refractivity contribution in [2.75, 3.05) is 13.6 Å². The quantitative estimate of drug-likeness (QED) is 0.845. The van der Waals surface area contributed by atoms with Crippen LogP contribution >= 0.6 is 0 Å². The zero-order chi connectivity index (χ0) is 12.2. The standard InChI is InChI=1S/C13H23N3/c1-13(2,3)10-16(4)9-12-7-5-6-11(8-14)15-12/h5-7H,8-10,14H2,1-4H3. The number of hydrogen-bond donors (Lipinski definition) is 1. The van der Waals surface area contributed by atoms with Crippen LogP contribution in [-0.4, -0.2) is 23.5 Å². The Morgan fingerprint density at radius 3 is 2.44 bits per heavy atom. The van der Waals surface area contributed by atoms with E-state index in [2.05, 4.69) is 43.8 Å². The highest BCUT2D eigenvalue weighted by atomic mass is 15.1. The first-order valence-corrected chi connectivity index (χ1v) is 5.74. The molecule has 3 heteroatoms. The minimum absolute atomic E-state index is 0.320. The largest absolute Gasteiger partial charge is 0.325 e. The van der Waals surface area contributed by atoms with Crippen LogP contribution in [0.15, 0.2) is 18.2 Å². The maximum Gasteiger partial charge on any atom is 0.0547 e. The predicted octanol–water partition coefficient (Wildman–Crippen LogP) is 2.02. The van der Waals surface area contributed by atoms with Gasteiger partial charge in [0.15, 0.2) is 0 Å². The van der Waals surface area contributed by atoms with Crippen LogP contribution in [0.1, 0.15) is 32.2 Å². The molecule has 0 aliphatic rings. The van der Waals surface area contributed by atoms with E-state index in [1.165, 1.54) is 0 Å². The van der Waals surface area contributed by atoms with Crippen LogP contribution < -0.4 is 5.73 Å². The summed E-state index contributed by atoms with van der Waals surface area (Å²) in [6.45, 7) is 9.18. The Bertz CT molecular complexity index is 328. The van der Waals surface area contributed by atoms with Crippen molar-refractivity contribution in [2.24, 2.45) is 11.1 Å². The number of hydrogen-bond acceptors (Lipinski definition) is 3. The van der Waals surface area contributed by atoms with E-state index in [0.29, 0.717) is 12.0 Å². The third-order valence-corrected chi connectivity index (χ3v) is 2.25. The first-order chi connectivity index (χ1) is 7.40. The molecule has 0 bridgehead atoms. The molecule has 90 valence electrons. The average molecular weight is 221 g/mol. The summed E-state index contributed by atoms with van der Waals surface area (Å²) in [5, 5.41) is 0. The molecule has 0 saturated heterocycles. The van der Waals surface area contributed by atoms with Crippen molar-refractivity contribution in [3.05, 3.63) is 29.6 Å². The van der Waals surface area contributed by atoms with Crippen molar-refractivity contribution in [3.8, 4) is 0 Å². The van der Waals surface area contributed by atoms with E-state index in [9.17, 15) is 0 Å². The maximum atomic E-state index is 5.58. The molecule has 0 aliphatic carbocycles. The van der Waals surface area contributed by atoms with Gasteiger partial charge in [0, 0.05) is 19.6 Å². The van der Waals surface area contributed by atoms with Gasteiger partial charge in [0.25, 0.3) is 0 Å². The smallest absolute Gasteiger partial charge is 0.0547 e. The number of rotatable bonds is 4. The summed E-state index contributed by atoms with van der Waals surface area (Å²) in [6.07, 6.45) is 0. The van der Waals surface area contributed by atoms with Gasteiger partial charge in [0.1, 0.15) is 0 Å². The van der Waals surface area contributed by atoms with Crippen LogP contribution in [0, 0.1) is 5.41 Å². The first kappa shape index (κ1) is 13.1. The van der Waals surface area contributed by atoms with E-state index in [-0.39, 0.29) is 0 Å². The molecule has 0 radical (unpaired) electrons. The lowest BCUT2D eigenvalue weighted by atomic mass is 9.96. The normalized spacial score (nSPS) is 12.1. The molecule has 0 amide bonds. The minimum atomic E-state index is 0.320. The van der Waals surface area contributed by atoms with Crippen LogP contribution in [0.25, 0.3) is 0 Å². The molecule has 3 nitrogen and oxygen atoms in total. The van der Waals surface area contributed by atoms with Crippen molar-refractivity contribution in [1.82, 2.24) is 9.88 Å². The zero-order valence-electron chi connectivity index (χ0n) is 10.8. The lowest BCUT2D eigenvalue weighted by molar-refractivity contribution is 0.219. The van der Waals surface area contributed by atoms with E-state index >= 15 is 0 Å². The van der Waals surface area contributed by atoms with Gasteiger partial charge in [-0.15, -0.1) is 0 Å². The summed E-state index contributed by atoms with van der Waals surface area (Å²) in [5.41, 5.74) is 7.95. The van der Waals surface area contributed by atoms with Crippen LogP contribution in [0.5, 0.6) is 0 Å². The fraction of sp³-hybridized carbons (Fsp3) is 0.615. The molecular formula is C13H23N3. The van der Waals surface area contributed by atoms with Gasteiger partial charge in [0.2, 0.25) is 0 Å². The second-order valence-electron chi connectivity index (χ2n) is 5.56. The third kappa shape index (κ3) is 4.73. The second kappa shape index (κ2) is 5.41. The van der Waals surface area contributed by atoms with Crippen LogP contribution in [-0.2, 0) is 13.1 Å². The molecule has 1 rings (SSSR count). The Balaban J connectivity index is 2.59. The molecule has 1 aromatic heterocycles. The Kier molecular flexibility index (Phi) is 4.44. The van der Waals surface area contributed by atoms with E-state index in [1.807, 2.05) is 12.1 Å². The van der Waals surface area contributed by atoms with Gasteiger partial charge in [-0.25, -0.2) is 0 Å². The first-order valence-electron chi connectivity index (χ1n) is 5.74. The third-order valence-electron chi connectivity index (χ3n) is 2.25. The Morgan fingerprint density at radius 1 is 1.25 bits per heavy atom. The molecule has 0 unspecified atom stereocenters. The van der Waals surface area contributed by atoms with Crippen LogP contribution in [0.3, 0.4) is 0 Å². The van der Waals surface area contributed by atoms with Crippen LogP contribution in [0.4, 0.5) is 0 Å². The fourth-order valence-corrected chi connectivity index (χ4v) is 1.87. The van der Waals surface area contributed by atoms with Crippen molar-refractivity contribution in [2.45, 2.75) is 33.9 Å². The van der Waals surface area contributed by atoms with Gasteiger partial charge in [-0.2, -0.15) is 0 Å². The lowest BCUT2D eigenvalue weighted by Crippen LogP contribution is -2.29.